The van der Waals surface area contributed by atoms with Crippen LogP contribution >= 0.6 is 11.8 Å². The van der Waals surface area contributed by atoms with Crippen molar-refractivity contribution in [3.05, 3.63) is 29.8 Å². The first-order chi connectivity index (χ1) is 6.69. The van der Waals surface area contributed by atoms with Crippen LogP contribution in [0.2, 0.25) is 0 Å². The highest BCUT2D eigenvalue weighted by Crippen LogP contribution is 2.20. The summed E-state index contributed by atoms with van der Waals surface area (Å²) in [5.74, 6) is 0. The molecule has 0 aliphatic rings. The van der Waals surface area contributed by atoms with Crippen molar-refractivity contribution in [3.63, 3.8) is 0 Å². The fraction of sp³-hybridized carbons (Fsp3) is 0.400. The monoisotopic (exact) mass is 213 g/mol. The summed E-state index contributed by atoms with van der Waals surface area (Å²) in [5.41, 5.74) is 6.25. The van der Waals surface area contributed by atoms with Crippen LogP contribution in [-0.2, 0) is 0 Å². The molecular weight excluding hydrogens is 198 g/mol. The van der Waals surface area contributed by atoms with Gasteiger partial charge in [0.05, 0.1) is 18.8 Å². The normalized spacial score (nSPS) is 15.1. The molecule has 1 aromatic carbocycles. The van der Waals surface area contributed by atoms with Crippen molar-refractivity contribution in [1.82, 2.24) is 0 Å². The average molecular weight is 213 g/mol. The third-order valence-electron chi connectivity index (χ3n) is 2.07. The van der Waals surface area contributed by atoms with Crippen molar-refractivity contribution >= 4 is 11.8 Å². The molecule has 4 heteroatoms. The summed E-state index contributed by atoms with van der Waals surface area (Å²) in [6, 6.07) is 6.88. The predicted molar refractivity (Wildman–Crippen MR) is 58.2 cm³/mol. The zero-order valence-electron chi connectivity index (χ0n) is 8.05. The van der Waals surface area contributed by atoms with Crippen molar-refractivity contribution in [2.45, 2.75) is 17.0 Å². The van der Waals surface area contributed by atoms with E-state index in [0.29, 0.717) is 0 Å². The second kappa shape index (κ2) is 5.36. The molecule has 0 bridgehead atoms. The smallest absolute Gasteiger partial charge is 0.0963 e. The third kappa shape index (κ3) is 2.72. The Morgan fingerprint density at radius 2 is 1.93 bits per heavy atom. The molecule has 0 aromatic heterocycles. The maximum atomic E-state index is 9.66. The fourth-order valence-electron chi connectivity index (χ4n) is 1.15. The van der Waals surface area contributed by atoms with E-state index in [0.717, 1.165) is 10.5 Å². The predicted octanol–water partition coefficient (Wildman–Crippen LogP) is 0.762. The number of benzene rings is 1. The van der Waals surface area contributed by atoms with Gasteiger partial charge in [-0.2, -0.15) is 0 Å². The van der Waals surface area contributed by atoms with E-state index < -0.39 is 12.1 Å². The highest BCUT2D eigenvalue weighted by atomic mass is 32.2. The van der Waals surface area contributed by atoms with E-state index in [2.05, 4.69) is 0 Å². The minimum absolute atomic E-state index is 0.217. The number of rotatable bonds is 4. The Bertz CT molecular complexity index is 276. The van der Waals surface area contributed by atoms with Crippen LogP contribution in [0.3, 0.4) is 0 Å². The van der Waals surface area contributed by atoms with Gasteiger partial charge in [-0.05, 0) is 24.0 Å². The van der Waals surface area contributed by atoms with Gasteiger partial charge in [0.25, 0.3) is 0 Å². The molecule has 1 rings (SSSR count). The molecule has 3 nitrogen and oxygen atoms in total. The van der Waals surface area contributed by atoms with Crippen LogP contribution in [0.4, 0.5) is 0 Å². The van der Waals surface area contributed by atoms with Gasteiger partial charge in [0.2, 0.25) is 0 Å². The molecular formula is C10H15NO2S. The Morgan fingerprint density at radius 3 is 2.36 bits per heavy atom. The first-order valence-corrected chi connectivity index (χ1v) is 5.60. The van der Waals surface area contributed by atoms with Crippen LogP contribution < -0.4 is 5.73 Å². The molecule has 0 unspecified atom stereocenters. The summed E-state index contributed by atoms with van der Waals surface area (Å²) in [5, 5.41) is 18.4. The number of nitrogens with two attached hydrogens (primary N) is 1. The lowest BCUT2D eigenvalue weighted by atomic mass is 10.0. The molecule has 1 aromatic rings. The number of hydrogen-bond donors (Lipinski definition) is 3. The molecule has 0 saturated heterocycles. The van der Waals surface area contributed by atoms with Gasteiger partial charge in [0.1, 0.15) is 0 Å². The van der Waals surface area contributed by atoms with Gasteiger partial charge in [-0.3, -0.25) is 0 Å². The van der Waals surface area contributed by atoms with Crippen molar-refractivity contribution in [1.29, 1.82) is 0 Å². The lowest BCUT2D eigenvalue weighted by molar-refractivity contribution is 0.109. The second-order valence-electron chi connectivity index (χ2n) is 3.06. The molecule has 4 N–H and O–H groups in total. The zero-order chi connectivity index (χ0) is 10.6. The Hall–Kier alpha value is -0.550. The topological polar surface area (TPSA) is 66.5 Å². The van der Waals surface area contributed by atoms with Gasteiger partial charge >= 0.3 is 0 Å². The van der Waals surface area contributed by atoms with E-state index >= 15 is 0 Å². The van der Waals surface area contributed by atoms with E-state index in [1.54, 1.807) is 11.8 Å². The molecule has 0 saturated carbocycles. The van der Waals surface area contributed by atoms with Gasteiger partial charge in [-0.15, -0.1) is 11.8 Å². The van der Waals surface area contributed by atoms with Crippen LogP contribution in [-0.4, -0.2) is 29.1 Å². The van der Waals surface area contributed by atoms with Crippen LogP contribution in [0, 0.1) is 0 Å². The van der Waals surface area contributed by atoms with E-state index in [1.165, 1.54) is 0 Å². The van der Waals surface area contributed by atoms with Crippen molar-refractivity contribution in [3.8, 4) is 0 Å². The molecule has 14 heavy (non-hydrogen) atoms. The number of aliphatic hydroxyl groups is 2. The van der Waals surface area contributed by atoms with Gasteiger partial charge < -0.3 is 15.9 Å². The van der Waals surface area contributed by atoms with Crippen molar-refractivity contribution in [2.75, 3.05) is 12.9 Å². The van der Waals surface area contributed by atoms with Gasteiger partial charge in [0.15, 0.2) is 0 Å². The largest absolute Gasteiger partial charge is 0.395 e. The summed E-state index contributed by atoms with van der Waals surface area (Å²) in [7, 11) is 0. The molecule has 0 aliphatic carbocycles. The molecule has 0 heterocycles. The van der Waals surface area contributed by atoms with Crippen LogP contribution in [0.25, 0.3) is 0 Å². The quantitative estimate of drug-likeness (QED) is 0.646. The maximum absolute atomic E-state index is 9.66. The SMILES string of the molecule is CSc1ccc([C@H](O)[C@H](N)CO)cc1. The van der Waals surface area contributed by atoms with E-state index in [9.17, 15) is 5.11 Å². The molecule has 2 atom stereocenters. The maximum Gasteiger partial charge on any atom is 0.0963 e. The molecule has 0 amide bonds. The zero-order valence-corrected chi connectivity index (χ0v) is 8.87. The lowest BCUT2D eigenvalue weighted by Crippen LogP contribution is -2.31. The minimum atomic E-state index is -0.795. The summed E-state index contributed by atoms with van der Waals surface area (Å²) >= 11 is 1.64. The van der Waals surface area contributed by atoms with Crippen LogP contribution in [0.15, 0.2) is 29.2 Å². The van der Waals surface area contributed by atoms with Crippen LogP contribution in [0.1, 0.15) is 11.7 Å². The fourth-order valence-corrected chi connectivity index (χ4v) is 1.56. The summed E-state index contributed by atoms with van der Waals surface area (Å²) in [6.45, 7) is -0.217. The van der Waals surface area contributed by atoms with E-state index in [4.69, 9.17) is 10.8 Å². The summed E-state index contributed by atoms with van der Waals surface area (Å²) in [4.78, 5) is 1.14. The number of hydrogen-bond acceptors (Lipinski definition) is 4. The highest BCUT2D eigenvalue weighted by molar-refractivity contribution is 7.98. The van der Waals surface area contributed by atoms with Gasteiger partial charge in [-0.25, -0.2) is 0 Å². The summed E-state index contributed by atoms with van der Waals surface area (Å²) < 4.78 is 0. The standard InChI is InChI=1S/C10H15NO2S/c1-14-8-4-2-7(3-5-8)10(13)9(11)6-12/h2-5,9-10,12-13H,6,11H2,1H3/t9-,10+/m1/s1. The van der Waals surface area contributed by atoms with Crippen LogP contribution in [0.5, 0.6) is 0 Å². The third-order valence-corrected chi connectivity index (χ3v) is 2.82. The molecule has 0 radical (unpaired) electrons. The van der Waals surface area contributed by atoms with Gasteiger partial charge in [0, 0.05) is 4.90 Å². The minimum Gasteiger partial charge on any atom is -0.395 e. The average Bonchev–Trinajstić information content (AvgIpc) is 2.27. The lowest BCUT2D eigenvalue weighted by Gasteiger charge is -2.16. The first-order valence-electron chi connectivity index (χ1n) is 4.37. The van der Waals surface area contributed by atoms with E-state index in [-0.39, 0.29) is 6.61 Å². The molecule has 78 valence electrons. The highest BCUT2D eigenvalue weighted by Gasteiger charge is 2.15. The van der Waals surface area contributed by atoms with Crippen molar-refractivity contribution in [2.24, 2.45) is 5.73 Å². The molecule has 0 spiro atoms. The Morgan fingerprint density at radius 1 is 1.36 bits per heavy atom. The first kappa shape index (κ1) is 11.5. The number of thioether (sulfide) groups is 1. The Kier molecular flexibility index (Phi) is 4.41. The second-order valence-corrected chi connectivity index (χ2v) is 3.94. The Labute approximate surface area is 87.9 Å². The summed E-state index contributed by atoms with van der Waals surface area (Å²) in [6.07, 6.45) is 1.20. The Balaban J connectivity index is 2.75. The molecule has 0 fully saturated rings. The van der Waals surface area contributed by atoms with Gasteiger partial charge in [-0.1, -0.05) is 12.1 Å². The van der Waals surface area contributed by atoms with Crippen molar-refractivity contribution < 1.29 is 10.2 Å². The number of aliphatic hydroxyl groups excluding tert-OH is 2. The van der Waals surface area contributed by atoms with E-state index in [1.807, 2.05) is 30.5 Å². The molecule has 0 aliphatic heterocycles.